The average Bonchev–Trinajstić information content (AvgIpc) is 2.98. The molecule has 0 rings (SSSR count). The lowest BCUT2D eigenvalue weighted by molar-refractivity contribution is -0.147. The number of carbonyl (C=O) groups excluding carboxylic acids is 2. The Kier molecular flexibility index (Phi) is 30.3. The predicted molar refractivity (Wildman–Crippen MR) is 174 cm³/mol. The summed E-state index contributed by atoms with van der Waals surface area (Å²) in [5, 5.41) is 12.6. The van der Waals surface area contributed by atoms with E-state index in [0.717, 1.165) is 38.5 Å². The van der Waals surface area contributed by atoms with Crippen LogP contribution in [0.2, 0.25) is 0 Å². The zero-order chi connectivity index (χ0) is 31.9. The van der Waals surface area contributed by atoms with Crippen LogP contribution in [0, 0.1) is 0 Å². The molecule has 43 heavy (non-hydrogen) atoms. The van der Waals surface area contributed by atoms with E-state index in [0.29, 0.717) is 6.42 Å². The number of aliphatic hydroxyl groups is 1. The molecule has 0 aromatic heterocycles. The van der Waals surface area contributed by atoms with Gasteiger partial charge in [-0.2, -0.15) is 0 Å². The highest BCUT2D eigenvalue weighted by atomic mass is 31.2. The van der Waals surface area contributed by atoms with Crippen LogP contribution < -0.4 is 5.32 Å². The summed E-state index contributed by atoms with van der Waals surface area (Å²) < 4.78 is 26.7. The second-order valence-corrected chi connectivity index (χ2v) is 13.3. The number of hydrogen-bond donors (Lipinski definition) is 3. The fourth-order valence-corrected chi connectivity index (χ4v) is 5.61. The van der Waals surface area contributed by atoms with Gasteiger partial charge in [-0.1, -0.05) is 142 Å². The van der Waals surface area contributed by atoms with E-state index in [1.807, 2.05) is 0 Å². The Morgan fingerprint density at radius 1 is 0.628 bits per heavy atom. The lowest BCUT2D eigenvalue weighted by atomic mass is 10.0. The number of carbonyl (C=O) groups is 2. The SMILES string of the molecule is CCCCCCCCCCCCCCC(=O)NCCOP(=O)(O)OCC(O)COC(=O)CCCCCCCCCCCC. The first-order valence-electron chi connectivity index (χ1n) is 17.5. The maximum absolute atomic E-state index is 12.0. The third-order valence-electron chi connectivity index (χ3n) is 7.54. The van der Waals surface area contributed by atoms with Gasteiger partial charge >= 0.3 is 13.8 Å². The van der Waals surface area contributed by atoms with Crippen LogP contribution in [0.5, 0.6) is 0 Å². The number of nitrogens with one attached hydrogen (secondary N) is 1. The van der Waals surface area contributed by atoms with Gasteiger partial charge in [-0.15, -0.1) is 0 Å². The summed E-state index contributed by atoms with van der Waals surface area (Å²) in [6.45, 7) is 3.53. The summed E-state index contributed by atoms with van der Waals surface area (Å²) in [5.41, 5.74) is 0. The summed E-state index contributed by atoms with van der Waals surface area (Å²) in [6, 6.07) is 0. The van der Waals surface area contributed by atoms with E-state index in [9.17, 15) is 24.2 Å². The van der Waals surface area contributed by atoms with Crippen molar-refractivity contribution in [3.05, 3.63) is 0 Å². The number of aliphatic hydroxyl groups excluding tert-OH is 1. The maximum atomic E-state index is 12.0. The molecule has 0 radical (unpaired) electrons. The van der Waals surface area contributed by atoms with Gasteiger partial charge in [0.05, 0.1) is 13.2 Å². The quantitative estimate of drug-likeness (QED) is 0.0371. The monoisotopic (exact) mass is 635 g/mol. The van der Waals surface area contributed by atoms with Gasteiger partial charge in [-0.3, -0.25) is 18.6 Å². The Morgan fingerprint density at radius 2 is 1.05 bits per heavy atom. The van der Waals surface area contributed by atoms with Crippen molar-refractivity contribution in [1.82, 2.24) is 5.32 Å². The minimum atomic E-state index is -4.39. The summed E-state index contributed by atoms with van der Waals surface area (Å²) in [5.74, 6) is -0.513. The van der Waals surface area contributed by atoms with E-state index in [1.54, 1.807) is 0 Å². The third-order valence-corrected chi connectivity index (χ3v) is 8.52. The molecule has 0 saturated heterocycles. The third kappa shape index (κ3) is 32.2. The van der Waals surface area contributed by atoms with Gasteiger partial charge in [-0.05, 0) is 12.8 Å². The number of amides is 1. The molecule has 3 N–H and O–H groups in total. The maximum Gasteiger partial charge on any atom is 0.472 e. The topological polar surface area (TPSA) is 131 Å². The second-order valence-electron chi connectivity index (χ2n) is 11.9. The second kappa shape index (κ2) is 31.0. The Hall–Kier alpha value is -0.990. The molecule has 0 heterocycles. The van der Waals surface area contributed by atoms with E-state index >= 15 is 0 Å². The van der Waals surface area contributed by atoms with Gasteiger partial charge < -0.3 is 20.1 Å². The van der Waals surface area contributed by atoms with Crippen molar-refractivity contribution in [2.45, 2.75) is 174 Å². The summed E-state index contributed by atoms with van der Waals surface area (Å²) >= 11 is 0. The van der Waals surface area contributed by atoms with Crippen LogP contribution in [0.4, 0.5) is 0 Å². The molecular weight excluding hydrogens is 569 g/mol. The molecule has 0 aromatic carbocycles. The summed E-state index contributed by atoms with van der Waals surface area (Å²) in [6.07, 6.45) is 26.0. The van der Waals surface area contributed by atoms with Gasteiger partial charge in [-0.25, -0.2) is 4.57 Å². The first-order chi connectivity index (χ1) is 20.8. The van der Waals surface area contributed by atoms with E-state index in [1.165, 1.54) is 103 Å². The number of esters is 1. The predicted octanol–water partition coefficient (Wildman–Crippen LogP) is 8.54. The first-order valence-corrected chi connectivity index (χ1v) is 19.0. The molecule has 0 aliphatic carbocycles. The molecule has 0 fully saturated rings. The zero-order valence-corrected chi connectivity index (χ0v) is 28.6. The molecule has 2 atom stereocenters. The van der Waals surface area contributed by atoms with Crippen LogP contribution in [0.3, 0.4) is 0 Å². The number of hydrogen-bond acceptors (Lipinski definition) is 7. The Balaban J connectivity index is 3.62. The van der Waals surface area contributed by atoms with Crippen molar-refractivity contribution in [3.8, 4) is 0 Å². The van der Waals surface area contributed by atoms with Crippen LogP contribution in [-0.2, 0) is 27.9 Å². The van der Waals surface area contributed by atoms with E-state index in [2.05, 4.69) is 19.2 Å². The molecular formula is C33H66NO8P. The van der Waals surface area contributed by atoms with Crippen LogP contribution in [-0.4, -0.2) is 54.3 Å². The number of ether oxygens (including phenoxy) is 1. The van der Waals surface area contributed by atoms with Crippen molar-refractivity contribution in [3.63, 3.8) is 0 Å². The Morgan fingerprint density at radius 3 is 1.51 bits per heavy atom. The van der Waals surface area contributed by atoms with Crippen LogP contribution in [0.25, 0.3) is 0 Å². The molecule has 1 amide bonds. The van der Waals surface area contributed by atoms with Crippen molar-refractivity contribution in [1.29, 1.82) is 0 Å². The average molecular weight is 636 g/mol. The van der Waals surface area contributed by atoms with Crippen molar-refractivity contribution < 1.29 is 37.9 Å². The molecule has 0 spiro atoms. The highest BCUT2D eigenvalue weighted by Crippen LogP contribution is 2.42. The minimum absolute atomic E-state index is 0.0874. The Bertz CT molecular complexity index is 694. The molecule has 10 heteroatoms. The van der Waals surface area contributed by atoms with Gasteiger partial charge in [0.1, 0.15) is 12.7 Å². The molecule has 9 nitrogen and oxygen atoms in total. The molecule has 0 aliphatic heterocycles. The lowest BCUT2D eigenvalue weighted by Crippen LogP contribution is -2.27. The molecule has 0 aromatic rings. The Labute approximate surface area is 263 Å². The van der Waals surface area contributed by atoms with Crippen molar-refractivity contribution in [2.75, 3.05) is 26.4 Å². The molecule has 0 saturated carbocycles. The number of phosphoric acid groups is 1. The smallest absolute Gasteiger partial charge is 0.463 e. The molecule has 2 unspecified atom stereocenters. The fraction of sp³-hybridized carbons (Fsp3) is 0.939. The van der Waals surface area contributed by atoms with Crippen LogP contribution >= 0.6 is 7.82 Å². The highest BCUT2D eigenvalue weighted by Gasteiger charge is 2.23. The lowest BCUT2D eigenvalue weighted by Gasteiger charge is -2.15. The van der Waals surface area contributed by atoms with Crippen molar-refractivity contribution in [2.24, 2.45) is 0 Å². The number of unbranched alkanes of at least 4 members (excludes halogenated alkanes) is 20. The van der Waals surface area contributed by atoms with Gasteiger partial charge in [0.2, 0.25) is 5.91 Å². The van der Waals surface area contributed by atoms with E-state index in [4.69, 9.17) is 13.8 Å². The largest absolute Gasteiger partial charge is 0.472 e. The first kappa shape index (κ1) is 42.0. The highest BCUT2D eigenvalue weighted by molar-refractivity contribution is 7.47. The van der Waals surface area contributed by atoms with E-state index in [-0.39, 0.29) is 32.1 Å². The summed E-state index contributed by atoms with van der Waals surface area (Å²) in [4.78, 5) is 33.6. The van der Waals surface area contributed by atoms with Gasteiger partial charge in [0.25, 0.3) is 0 Å². The number of phosphoric ester groups is 1. The van der Waals surface area contributed by atoms with Crippen molar-refractivity contribution >= 4 is 19.7 Å². The molecule has 256 valence electrons. The fourth-order valence-electron chi connectivity index (χ4n) is 4.85. The zero-order valence-electron chi connectivity index (χ0n) is 27.7. The van der Waals surface area contributed by atoms with E-state index < -0.39 is 26.5 Å². The number of rotatable bonds is 33. The normalized spacial score (nSPS) is 13.5. The van der Waals surface area contributed by atoms with Gasteiger partial charge in [0, 0.05) is 19.4 Å². The molecule has 0 aliphatic rings. The summed E-state index contributed by atoms with van der Waals surface area (Å²) in [7, 11) is -4.39. The van der Waals surface area contributed by atoms with Gasteiger partial charge in [0.15, 0.2) is 0 Å². The van der Waals surface area contributed by atoms with Crippen LogP contribution in [0.1, 0.15) is 168 Å². The van der Waals surface area contributed by atoms with Crippen LogP contribution in [0.15, 0.2) is 0 Å². The minimum Gasteiger partial charge on any atom is -0.463 e. The standard InChI is InChI=1S/C33H66NO8P/c1-3-5-7-9-11-13-15-16-17-19-21-23-25-32(36)34-27-28-41-43(38,39)42-30-31(35)29-40-33(37)26-24-22-20-18-14-12-10-8-6-4-2/h31,35H,3-30H2,1-2H3,(H,34,36)(H,38,39). The molecule has 0 bridgehead atoms.